The van der Waals surface area contributed by atoms with E-state index < -0.39 is 0 Å². The molecule has 1 N–H and O–H groups in total. The Kier molecular flexibility index (Phi) is 6.53. The van der Waals surface area contributed by atoms with E-state index in [0.29, 0.717) is 24.6 Å². The van der Waals surface area contributed by atoms with Crippen LogP contribution in [0, 0.1) is 5.92 Å². The van der Waals surface area contributed by atoms with Gasteiger partial charge in [0, 0.05) is 24.7 Å². The van der Waals surface area contributed by atoms with Crippen molar-refractivity contribution < 1.29 is 19.4 Å². The third-order valence-corrected chi connectivity index (χ3v) is 7.14. The monoisotopic (exact) mass is 457 g/mol. The number of nitrogens with zero attached hydrogens (tertiary/aromatic N) is 1. The van der Waals surface area contributed by atoms with Crippen molar-refractivity contribution in [2.45, 2.75) is 51.2 Å². The van der Waals surface area contributed by atoms with Crippen molar-refractivity contribution in [3.05, 3.63) is 64.2 Å². The first-order chi connectivity index (χ1) is 15.2. The van der Waals surface area contributed by atoms with E-state index in [2.05, 4.69) is 43.0 Å². The summed E-state index contributed by atoms with van der Waals surface area (Å²) >= 11 is 6.33. The molecule has 2 aliphatic heterocycles. The number of ether oxygens (including phenoxy) is 2. The van der Waals surface area contributed by atoms with Crippen molar-refractivity contribution in [3.63, 3.8) is 0 Å². The molecule has 0 radical (unpaired) electrons. The van der Waals surface area contributed by atoms with Crippen LogP contribution in [0.5, 0.6) is 5.75 Å². The zero-order valence-corrected chi connectivity index (χ0v) is 19.8. The van der Waals surface area contributed by atoms with E-state index >= 15 is 0 Å². The molecule has 0 bridgehead atoms. The summed E-state index contributed by atoms with van der Waals surface area (Å²) in [7, 11) is 0. The Morgan fingerprint density at radius 2 is 1.88 bits per heavy atom. The topological polar surface area (TPSA) is 59.0 Å². The number of carbonyl (C=O) groups is 1. The molecular weight excluding hydrogens is 426 g/mol. The fourth-order valence-corrected chi connectivity index (χ4v) is 5.44. The van der Waals surface area contributed by atoms with E-state index in [-0.39, 0.29) is 28.8 Å². The molecule has 32 heavy (non-hydrogen) atoms. The van der Waals surface area contributed by atoms with Gasteiger partial charge in [0.25, 0.3) is 0 Å². The molecular formula is C26H32ClNO4. The number of rotatable bonds is 6. The second kappa shape index (κ2) is 9.05. The average molecular weight is 458 g/mol. The summed E-state index contributed by atoms with van der Waals surface area (Å²) in [4.78, 5) is 15.1. The lowest BCUT2D eigenvalue weighted by Gasteiger charge is -2.41. The molecule has 1 saturated heterocycles. The third-order valence-electron chi connectivity index (χ3n) is 6.77. The van der Waals surface area contributed by atoms with E-state index in [1.165, 1.54) is 11.1 Å². The zero-order chi connectivity index (χ0) is 22.9. The average Bonchev–Trinajstić information content (AvgIpc) is 2.99. The summed E-state index contributed by atoms with van der Waals surface area (Å²) in [5.41, 5.74) is 2.78. The maximum absolute atomic E-state index is 12.7. The Bertz CT molecular complexity index is 982. The number of benzene rings is 2. The van der Waals surface area contributed by atoms with Gasteiger partial charge < -0.3 is 19.5 Å². The van der Waals surface area contributed by atoms with Crippen LogP contribution in [0.25, 0.3) is 0 Å². The lowest BCUT2D eigenvalue weighted by atomic mass is 9.82. The Labute approximate surface area is 195 Å². The molecule has 5 nitrogen and oxygen atoms in total. The largest absolute Gasteiger partial charge is 0.508 e. The molecule has 1 fully saturated rings. The van der Waals surface area contributed by atoms with Crippen LogP contribution < -0.4 is 0 Å². The molecule has 0 saturated carbocycles. The minimum Gasteiger partial charge on any atom is -0.508 e. The summed E-state index contributed by atoms with van der Waals surface area (Å²) in [6.45, 7) is 8.71. The summed E-state index contributed by atoms with van der Waals surface area (Å²) in [6, 6.07) is 13.4. The first-order valence-electron chi connectivity index (χ1n) is 11.4. The highest BCUT2D eigenvalue weighted by atomic mass is 35.5. The van der Waals surface area contributed by atoms with Gasteiger partial charge in [0.15, 0.2) is 0 Å². The molecule has 6 heteroatoms. The molecule has 172 valence electrons. The third kappa shape index (κ3) is 4.52. The fraction of sp³-hybridized carbons (Fsp3) is 0.500. The maximum Gasteiger partial charge on any atom is 0.310 e. The predicted octanol–water partition coefficient (Wildman–Crippen LogP) is 5.02. The van der Waals surface area contributed by atoms with Gasteiger partial charge in [-0.25, -0.2) is 0 Å². The predicted molar refractivity (Wildman–Crippen MR) is 125 cm³/mol. The number of esters is 1. The minimum atomic E-state index is -0.350. The molecule has 4 rings (SSSR count). The summed E-state index contributed by atoms with van der Waals surface area (Å²) in [6.07, 6.45) is 2.20. The molecule has 2 aromatic carbocycles. The summed E-state index contributed by atoms with van der Waals surface area (Å²) < 4.78 is 12.0. The van der Waals surface area contributed by atoms with Crippen molar-refractivity contribution in [1.82, 2.24) is 4.90 Å². The van der Waals surface area contributed by atoms with Gasteiger partial charge in [-0.1, -0.05) is 35.9 Å². The minimum absolute atomic E-state index is 0.145. The van der Waals surface area contributed by atoms with E-state index in [4.69, 9.17) is 21.1 Å². The standard InChI is InChI=1S/C26H32ClNO4/c1-4-31-24(30)19(15-18-16-20(29)9-10-23(18)27)17-28-13-11-26(12-14-28)22-8-6-5-7-21(22)25(2,3)32-26/h5-10,16,19,29H,4,11-15,17H2,1-3H3. The van der Waals surface area contributed by atoms with Crippen molar-refractivity contribution in [2.75, 3.05) is 26.2 Å². The Balaban J connectivity index is 1.47. The number of aromatic hydroxyl groups is 1. The molecule has 0 aromatic heterocycles. The van der Waals surface area contributed by atoms with Crippen LogP contribution in [0.2, 0.25) is 5.02 Å². The maximum atomic E-state index is 12.7. The number of carbonyl (C=O) groups excluding carboxylic acids is 1. The second-order valence-corrected chi connectivity index (χ2v) is 9.79. The van der Waals surface area contributed by atoms with Gasteiger partial charge in [0.1, 0.15) is 5.75 Å². The Morgan fingerprint density at radius 1 is 1.19 bits per heavy atom. The van der Waals surface area contributed by atoms with Gasteiger partial charge in [-0.3, -0.25) is 4.79 Å². The molecule has 0 amide bonds. The van der Waals surface area contributed by atoms with Gasteiger partial charge in [0.05, 0.1) is 23.7 Å². The van der Waals surface area contributed by atoms with Crippen LogP contribution in [0.3, 0.4) is 0 Å². The number of phenols is 1. The molecule has 0 aliphatic carbocycles. The van der Waals surface area contributed by atoms with Crippen LogP contribution in [-0.2, 0) is 31.9 Å². The smallest absolute Gasteiger partial charge is 0.310 e. The van der Waals surface area contributed by atoms with E-state index in [0.717, 1.165) is 31.5 Å². The van der Waals surface area contributed by atoms with Crippen LogP contribution in [0.15, 0.2) is 42.5 Å². The normalized spacial score (nSPS) is 20.1. The van der Waals surface area contributed by atoms with Gasteiger partial charge in [-0.2, -0.15) is 0 Å². The Morgan fingerprint density at radius 3 is 2.56 bits per heavy atom. The highest BCUT2D eigenvalue weighted by molar-refractivity contribution is 6.31. The Hall–Kier alpha value is -2.08. The van der Waals surface area contributed by atoms with Crippen molar-refractivity contribution in [2.24, 2.45) is 5.92 Å². The lowest BCUT2D eigenvalue weighted by Crippen LogP contribution is -2.46. The SMILES string of the molecule is CCOC(=O)C(Cc1cc(O)ccc1Cl)CN1CCC2(CC1)OC(C)(C)c1ccccc12. The molecule has 1 atom stereocenters. The number of hydrogen-bond acceptors (Lipinski definition) is 5. The summed E-state index contributed by atoms with van der Waals surface area (Å²) in [5.74, 6) is -0.432. The van der Waals surface area contributed by atoms with Crippen LogP contribution in [-0.4, -0.2) is 42.2 Å². The first kappa shape index (κ1) is 23.1. The second-order valence-electron chi connectivity index (χ2n) is 9.38. The van der Waals surface area contributed by atoms with Gasteiger partial charge in [-0.05, 0) is 74.9 Å². The quantitative estimate of drug-likeness (QED) is 0.617. The molecule has 1 spiro atoms. The number of phenolic OH excluding ortho intramolecular Hbond substituents is 1. The number of piperidine rings is 1. The van der Waals surface area contributed by atoms with Crippen molar-refractivity contribution >= 4 is 17.6 Å². The van der Waals surface area contributed by atoms with Crippen molar-refractivity contribution in [3.8, 4) is 5.75 Å². The first-order valence-corrected chi connectivity index (χ1v) is 11.8. The number of halogens is 1. The van der Waals surface area contributed by atoms with Gasteiger partial charge >= 0.3 is 5.97 Å². The van der Waals surface area contributed by atoms with Gasteiger partial charge in [-0.15, -0.1) is 0 Å². The molecule has 2 aromatic rings. The molecule has 2 heterocycles. The highest BCUT2D eigenvalue weighted by Crippen LogP contribution is 2.51. The number of hydrogen-bond donors (Lipinski definition) is 1. The lowest BCUT2D eigenvalue weighted by molar-refractivity contribution is -0.155. The zero-order valence-electron chi connectivity index (χ0n) is 19.1. The van der Waals surface area contributed by atoms with E-state index in [9.17, 15) is 9.90 Å². The van der Waals surface area contributed by atoms with Crippen molar-refractivity contribution in [1.29, 1.82) is 0 Å². The van der Waals surface area contributed by atoms with E-state index in [1.54, 1.807) is 18.2 Å². The highest BCUT2D eigenvalue weighted by Gasteiger charge is 2.50. The van der Waals surface area contributed by atoms with Crippen LogP contribution in [0.1, 0.15) is 50.3 Å². The van der Waals surface area contributed by atoms with Crippen LogP contribution >= 0.6 is 11.6 Å². The van der Waals surface area contributed by atoms with Gasteiger partial charge in [0.2, 0.25) is 0 Å². The summed E-state index contributed by atoms with van der Waals surface area (Å²) in [5, 5.41) is 10.4. The van der Waals surface area contributed by atoms with E-state index in [1.807, 2.05) is 6.92 Å². The number of fused-ring (bicyclic) bond motifs is 2. The number of likely N-dealkylation sites (tertiary alicyclic amines) is 1. The van der Waals surface area contributed by atoms with Crippen LogP contribution in [0.4, 0.5) is 0 Å². The molecule has 1 unspecified atom stereocenters. The molecule has 2 aliphatic rings. The fourth-order valence-electron chi connectivity index (χ4n) is 5.25.